The first-order valence-electron chi connectivity index (χ1n) is 23.7. The van der Waals surface area contributed by atoms with Crippen LogP contribution in [0.1, 0.15) is 186 Å². The molecule has 1 heterocycles. The van der Waals surface area contributed by atoms with E-state index in [4.69, 9.17) is 9.47 Å². The summed E-state index contributed by atoms with van der Waals surface area (Å²) < 4.78 is 11.3. The predicted octanol–water partition coefficient (Wildman–Crippen LogP) is 9.03. The molecule has 0 unspecified atom stereocenters. The van der Waals surface area contributed by atoms with Crippen LogP contribution in [0.2, 0.25) is 0 Å². The van der Waals surface area contributed by atoms with Gasteiger partial charge in [-0.05, 0) is 18.4 Å². The average molecular weight is 833 g/mol. The number of carbonyl (C=O) groups excluding carboxylic acids is 3. The third-order valence-electron chi connectivity index (χ3n) is 11.5. The minimum atomic E-state index is -1.55. The molecule has 59 heavy (non-hydrogen) atoms. The highest BCUT2D eigenvalue weighted by atomic mass is 16.6. The number of alkyl carbamates (subject to hydrolysis) is 1. The van der Waals surface area contributed by atoms with Crippen molar-refractivity contribution in [3.8, 4) is 0 Å². The zero-order chi connectivity index (χ0) is 42.8. The van der Waals surface area contributed by atoms with Crippen LogP contribution in [-0.4, -0.2) is 95.1 Å². The smallest absolute Gasteiger partial charge is 0.407 e. The summed E-state index contributed by atoms with van der Waals surface area (Å²) >= 11 is 0. The molecule has 1 aliphatic heterocycles. The SMILES string of the molecule is CCCCCCCCCCCCCCCCCCN(C(=O)NCCCCCCCCCCCC)[C@@H]1O[C@H](CO)[C@@H](O)[C@H](O)[C@H]1NC(=O)CNC(=O)OCc1ccccc1. The Labute approximate surface area is 357 Å². The van der Waals surface area contributed by atoms with Gasteiger partial charge in [-0.25, -0.2) is 9.59 Å². The van der Waals surface area contributed by atoms with Crippen molar-refractivity contribution >= 4 is 18.0 Å². The molecule has 1 fully saturated rings. The second kappa shape index (κ2) is 34.7. The van der Waals surface area contributed by atoms with E-state index in [1.54, 1.807) is 0 Å². The Balaban J connectivity index is 1.92. The Hall–Kier alpha value is -2.93. The number of aliphatic hydroxyl groups excluding tert-OH is 3. The Morgan fingerprint density at radius 2 is 1.12 bits per heavy atom. The Kier molecular flexibility index (Phi) is 30.7. The first-order valence-corrected chi connectivity index (χ1v) is 23.7. The number of benzene rings is 1. The summed E-state index contributed by atoms with van der Waals surface area (Å²) in [6, 6.07) is 7.52. The summed E-state index contributed by atoms with van der Waals surface area (Å²) in [6.07, 6.45) is 25.2. The van der Waals surface area contributed by atoms with Crippen molar-refractivity contribution in [2.45, 2.75) is 218 Å². The van der Waals surface area contributed by atoms with Crippen molar-refractivity contribution in [3.05, 3.63) is 35.9 Å². The van der Waals surface area contributed by atoms with E-state index in [0.717, 1.165) is 44.1 Å². The van der Waals surface area contributed by atoms with Crippen molar-refractivity contribution in [2.24, 2.45) is 0 Å². The van der Waals surface area contributed by atoms with Crippen LogP contribution in [0.5, 0.6) is 0 Å². The first-order chi connectivity index (χ1) is 28.8. The lowest BCUT2D eigenvalue weighted by molar-refractivity contribution is -0.224. The number of carbonyl (C=O) groups is 3. The average Bonchev–Trinajstić information content (AvgIpc) is 3.24. The van der Waals surface area contributed by atoms with Gasteiger partial charge in [0.15, 0.2) is 6.23 Å². The normalized spacial score (nSPS) is 19.0. The number of nitrogens with one attached hydrogen (secondary N) is 3. The topological polar surface area (TPSA) is 170 Å². The van der Waals surface area contributed by atoms with Gasteiger partial charge in [-0.3, -0.25) is 9.69 Å². The van der Waals surface area contributed by atoms with Crippen LogP contribution in [-0.2, 0) is 20.9 Å². The predicted molar refractivity (Wildman–Crippen MR) is 236 cm³/mol. The van der Waals surface area contributed by atoms with Gasteiger partial charge in [-0.2, -0.15) is 0 Å². The fourth-order valence-electron chi connectivity index (χ4n) is 7.77. The van der Waals surface area contributed by atoms with E-state index in [1.165, 1.54) is 127 Å². The number of ether oxygens (including phenoxy) is 2. The van der Waals surface area contributed by atoms with Crippen LogP contribution in [0.4, 0.5) is 9.59 Å². The highest BCUT2D eigenvalue weighted by Gasteiger charge is 2.48. The summed E-state index contributed by atoms with van der Waals surface area (Å²) in [4.78, 5) is 40.8. The zero-order valence-electron chi connectivity index (χ0n) is 37.0. The number of unbranched alkanes of at least 4 members (excludes halogenated alkanes) is 24. The summed E-state index contributed by atoms with van der Waals surface area (Å²) in [5.41, 5.74) is 0.792. The van der Waals surface area contributed by atoms with E-state index in [2.05, 4.69) is 29.8 Å². The number of rotatable bonds is 35. The van der Waals surface area contributed by atoms with Crippen LogP contribution < -0.4 is 16.0 Å². The highest BCUT2D eigenvalue weighted by Crippen LogP contribution is 2.25. The fourth-order valence-corrected chi connectivity index (χ4v) is 7.77. The maximum atomic E-state index is 13.9. The monoisotopic (exact) mass is 833 g/mol. The molecule has 1 aromatic carbocycles. The van der Waals surface area contributed by atoms with Gasteiger partial charge in [0.05, 0.1) is 6.61 Å². The molecular weight excluding hydrogens is 749 g/mol. The van der Waals surface area contributed by atoms with Crippen molar-refractivity contribution in [3.63, 3.8) is 0 Å². The van der Waals surface area contributed by atoms with E-state index >= 15 is 0 Å². The van der Waals surface area contributed by atoms with Crippen LogP contribution in [0.25, 0.3) is 0 Å². The molecule has 4 amide bonds. The molecule has 0 radical (unpaired) electrons. The van der Waals surface area contributed by atoms with Gasteiger partial charge in [-0.1, -0.05) is 198 Å². The largest absolute Gasteiger partial charge is 0.445 e. The summed E-state index contributed by atoms with van der Waals surface area (Å²) in [6.45, 7) is 4.23. The summed E-state index contributed by atoms with van der Waals surface area (Å²) in [7, 11) is 0. The maximum absolute atomic E-state index is 13.9. The first kappa shape index (κ1) is 52.2. The van der Waals surface area contributed by atoms with E-state index < -0.39 is 61.8 Å². The number of hydrogen-bond donors (Lipinski definition) is 6. The van der Waals surface area contributed by atoms with Gasteiger partial charge in [0, 0.05) is 13.1 Å². The fraction of sp³-hybridized carbons (Fsp3) is 0.809. The van der Waals surface area contributed by atoms with Gasteiger partial charge in [0.25, 0.3) is 0 Å². The molecule has 0 saturated carbocycles. The van der Waals surface area contributed by atoms with E-state index in [9.17, 15) is 29.7 Å². The maximum Gasteiger partial charge on any atom is 0.407 e. The second-order valence-corrected chi connectivity index (χ2v) is 16.6. The minimum absolute atomic E-state index is 0.0306. The van der Waals surface area contributed by atoms with Crippen LogP contribution in [0, 0.1) is 0 Å². The summed E-state index contributed by atoms with van der Waals surface area (Å²) in [5.74, 6) is -0.665. The quantitative estimate of drug-likeness (QED) is 0.0368. The third-order valence-corrected chi connectivity index (χ3v) is 11.5. The summed E-state index contributed by atoms with van der Waals surface area (Å²) in [5, 5.41) is 40.2. The van der Waals surface area contributed by atoms with E-state index in [-0.39, 0.29) is 6.61 Å². The number of aliphatic hydroxyl groups is 3. The van der Waals surface area contributed by atoms with E-state index in [1.807, 2.05) is 30.3 Å². The van der Waals surface area contributed by atoms with Crippen molar-refractivity contribution in [1.82, 2.24) is 20.9 Å². The van der Waals surface area contributed by atoms with Gasteiger partial charge in [0.2, 0.25) is 5.91 Å². The van der Waals surface area contributed by atoms with Crippen molar-refractivity contribution < 1.29 is 39.2 Å². The molecule has 0 aromatic heterocycles. The lowest BCUT2D eigenvalue weighted by Gasteiger charge is -2.46. The van der Waals surface area contributed by atoms with Crippen LogP contribution in [0.15, 0.2) is 30.3 Å². The van der Waals surface area contributed by atoms with Gasteiger partial charge < -0.3 is 40.7 Å². The molecule has 5 atom stereocenters. The molecule has 2 rings (SSSR count). The molecular formula is C47H84N4O8. The molecule has 6 N–H and O–H groups in total. The van der Waals surface area contributed by atoms with Crippen LogP contribution >= 0.6 is 0 Å². The van der Waals surface area contributed by atoms with Crippen molar-refractivity contribution in [2.75, 3.05) is 26.2 Å². The molecule has 1 aromatic rings. The van der Waals surface area contributed by atoms with Crippen LogP contribution in [0.3, 0.4) is 0 Å². The molecule has 0 spiro atoms. The molecule has 12 heteroatoms. The molecule has 1 saturated heterocycles. The lowest BCUT2D eigenvalue weighted by Crippen LogP contribution is -2.70. The molecule has 0 bridgehead atoms. The minimum Gasteiger partial charge on any atom is -0.445 e. The van der Waals surface area contributed by atoms with Gasteiger partial charge in [0.1, 0.15) is 37.5 Å². The zero-order valence-corrected chi connectivity index (χ0v) is 37.0. The van der Waals surface area contributed by atoms with Crippen molar-refractivity contribution in [1.29, 1.82) is 0 Å². The third kappa shape index (κ3) is 24.2. The Morgan fingerprint density at radius 3 is 1.61 bits per heavy atom. The molecule has 1 aliphatic rings. The highest BCUT2D eigenvalue weighted by molar-refractivity contribution is 5.82. The number of hydrogen-bond acceptors (Lipinski definition) is 8. The Morgan fingerprint density at radius 1 is 0.644 bits per heavy atom. The Bertz CT molecular complexity index is 1190. The van der Waals surface area contributed by atoms with Gasteiger partial charge >= 0.3 is 12.1 Å². The standard InChI is InChI=1S/C47H84N4O8/c1-3-5-7-9-11-13-15-16-17-18-19-20-22-24-26-31-35-51(46(56)48-34-30-25-23-21-14-12-10-8-6-4-2)45-42(44(55)43(54)40(37-52)59-45)50-41(53)36-49-47(57)58-38-39-32-28-27-29-33-39/h27-29,32-33,40,42-45,52,54-55H,3-26,30-31,34-38H2,1-2H3,(H,48,56)(H,49,57)(H,50,53)/t40-,42-,43-,44-,45-/m1/s1. The molecule has 12 nitrogen and oxygen atoms in total. The van der Waals surface area contributed by atoms with Gasteiger partial charge in [-0.15, -0.1) is 0 Å². The molecule has 340 valence electrons. The number of urea groups is 1. The van der Waals surface area contributed by atoms with E-state index in [0.29, 0.717) is 19.5 Å². The number of amides is 4. The lowest BCUT2D eigenvalue weighted by atomic mass is 9.95. The number of nitrogens with zero attached hydrogens (tertiary/aromatic N) is 1. The second-order valence-electron chi connectivity index (χ2n) is 16.6. The molecule has 0 aliphatic carbocycles.